The Morgan fingerprint density at radius 1 is 1.27 bits per heavy atom. The van der Waals surface area contributed by atoms with E-state index in [-0.39, 0.29) is 5.91 Å². The second kappa shape index (κ2) is 4.18. The number of halogens is 1. The van der Waals surface area contributed by atoms with Gasteiger partial charge in [-0.25, -0.2) is 0 Å². The maximum absolute atomic E-state index is 10.9. The number of carbonyl (C=O) groups excluding carboxylic acids is 1. The second-order valence-electron chi connectivity index (χ2n) is 4.97. The number of hydrogen-bond acceptors (Lipinski definition) is 1. The van der Waals surface area contributed by atoms with Crippen LogP contribution >= 0.6 is 0 Å². The van der Waals surface area contributed by atoms with Gasteiger partial charge in [-0.05, 0) is 0 Å². The van der Waals surface area contributed by atoms with E-state index < -0.39 is 0 Å². The molecule has 4 nitrogen and oxygen atoms in total. The average Bonchev–Trinajstić information content (AvgIpc) is 2.45. The topological polar surface area (TPSA) is 43.1 Å². The van der Waals surface area contributed by atoms with Crippen LogP contribution in [0.2, 0.25) is 0 Å². The van der Waals surface area contributed by atoms with Gasteiger partial charge in [-0.2, -0.15) is 0 Å². The van der Waals surface area contributed by atoms with Crippen LogP contribution in [0.15, 0.2) is 0 Å². The summed E-state index contributed by atoms with van der Waals surface area (Å²) in [4.78, 5) is 10.9. The molecule has 88 valence electrons. The first-order chi connectivity index (χ1) is 7.04. The number of amides is 1. The molecule has 0 radical (unpaired) electrons. The van der Waals surface area contributed by atoms with Crippen molar-refractivity contribution in [2.75, 3.05) is 50.7 Å². The summed E-state index contributed by atoms with van der Waals surface area (Å²) in [6.45, 7) is 7.47. The summed E-state index contributed by atoms with van der Waals surface area (Å²) in [6, 6.07) is 0. The van der Waals surface area contributed by atoms with Gasteiger partial charge in [0.1, 0.15) is 0 Å². The Bertz CT molecular complexity index is 261. The molecule has 15 heavy (non-hydrogen) atoms. The quantitative estimate of drug-likeness (QED) is 0.246. The van der Waals surface area contributed by atoms with Crippen molar-refractivity contribution in [2.24, 2.45) is 5.73 Å². The van der Waals surface area contributed by atoms with Crippen LogP contribution in [0, 0.1) is 0 Å². The number of quaternary nitrogens is 2. The molecule has 0 unspecified atom stereocenters. The van der Waals surface area contributed by atoms with Gasteiger partial charge in [-0.1, -0.05) is 0 Å². The number of piperazine rings is 1. The fourth-order valence-electron chi connectivity index (χ4n) is 2.51. The Kier molecular flexibility index (Phi) is 3.23. The summed E-state index contributed by atoms with van der Waals surface area (Å²) >= 11 is 0.325. The molecule has 3 rings (SSSR count). The number of rotatable bonds is 3. The van der Waals surface area contributed by atoms with Gasteiger partial charge < -0.3 is 0 Å². The Labute approximate surface area is 102 Å². The number of likely N-dealkylation sites (N-methyl/N-ethyl adjacent to an activating group) is 1. The number of alkyl halides is 1. The molecule has 0 spiro atoms. The zero-order chi connectivity index (χ0) is 10.9. The zero-order valence-corrected chi connectivity index (χ0v) is 11.6. The third-order valence-corrected chi connectivity index (χ3v) is 7.42. The molecule has 3 heterocycles. The Morgan fingerprint density at radius 3 is 2.53 bits per heavy atom. The molecule has 0 atom stereocenters. The van der Waals surface area contributed by atoms with Crippen LogP contribution in [-0.2, 0) is 4.79 Å². The third kappa shape index (κ3) is 2.62. The first-order valence-corrected chi connectivity index (χ1v) is 8.12. The van der Waals surface area contributed by atoms with Crippen LogP contribution in [0.5, 0.6) is 0 Å². The molecule has 0 saturated carbocycles. The van der Waals surface area contributed by atoms with Crippen LogP contribution in [-0.4, -0.2) is 63.8 Å². The average molecular weight is 326 g/mol. The fourth-order valence-corrected chi connectivity index (χ4v) is 6.03. The molecular weight excluding hydrogens is 305 g/mol. The standard InChI is InChI=1S/C10H20IN3O/c1-13-6-8-14(9-7-13,5-3-11-13)4-2-10(12)15/h2-9H2,1H3,(H-,12,15)/p+1. The molecule has 3 fully saturated rings. The summed E-state index contributed by atoms with van der Waals surface area (Å²) in [5.74, 6) is -0.135. The summed E-state index contributed by atoms with van der Waals surface area (Å²) in [6.07, 6.45) is 0.571. The molecule has 3 saturated heterocycles. The molecule has 2 N–H and O–H groups in total. The number of primary amides is 1. The summed E-state index contributed by atoms with van der Waals surface area (Å²) in [5, 5.41) is 0. The van der Waals surface area contributed by atoms with E-state index in [1.165, 1.54) is 44.3 Å². The van der Waals surface area contributed by atoms with Crippen LogP contribution in [0.1, 0.15) is 6.42 Å². The van der Waals surface area contributed by atoms with E-state index in [2.05, 4.69) is 7.05 Å². The number of carbonyl (C=O) groups is 1. The molecule has 0 aliphatic carbocycles. The number of nitrogens with two attached hydrogens (primary N) is 1. The maximum atomic E-state index is 10.9. The van der Waals surface area contributed by atoms with E-state index in [4.69, 9.17) is 5.73 Å². The van der Waals surface area contributed by atoms with E-state index in [0.29, 0.717) is 27.9 Å². The van der Waals surface area contributed by atoms with E-state index in [1.54, 1.807) is 0 Å². The summed E-state index contributed by atoms with van der Waals surface area (Å²) in [7, 11) is 2.42. The van der Waals surface area contributed by atoms with Gasteiger partial charge in [0.05, 0.1) is 0 Å². The summed E-state index contributed by atoms with van der Waals surface area (Å²) in [5.41, 5.74) is 5.26. The van der Waals surface area contributed by atoms with Gasteiger partial charge in [-0.15, -0.1) is 0 Å². The van der Waals surface area contributed by atoms with Crippen molar-refractivity contribution in [3.8, 4) is 0 Å². The SMILES string of the molecule is C[N+]12CC[N+](CCC(N)=O)(CC[I-]1)CC2. The Balaban J connectivity index is 2.00. The van der Waals surface area contributed by atoms with Gasteiger partial charge in [0.15, 0.2) is 0 Å². The minimum atomic E-state index is -0.135. The van der Waals surface area contributed by atoms with Crippen LogP contribution in [0.4, 0.5) is 0 Å². The van der Waals surface area contributed by atoms with Crippen LogP contribution in [0.3, 0.4) is 0 Å². The minimum absolute atomic E-state index is 0.135. The van der Waals surface area contributed by atoms with Gasteiger partial charge in [0, 0.05) is 0 Å². The molecule has 0 aromatic rings. The molecule has 0 aromatic heterocycles. The first-order valence-electron chi connectivity index (χ1n) is 5.63. The van der Waals surface area contributed by atoms with Gasteiger partial charge >= 0.3 is 102 Å². The van der Waals surface area contributed by atoms with Crippen molar-refractivity contribution in [3.05, 3.63) is 0 Å². The monoisotopic (exact) mass is 326 g/mol. The molecule has 0 aromatic carbocycles. The van der Waals surface area contributed by atoms with Gasteiger partial charge in [0.2, 0.25) is 0 Å². The number of fused-ring (bicyclic) bond motifs is 4. The van der Waals surface area contributed by atoms with Gasteiger partial charge in [-0.3, -0.25) is 0 Å². The van der Waals surface area contributed by atoms with Crippen molar-refractivity contribution in [3.63, 3.8) is 0 Å². The predicted molar refractivity (Wildman–Crippen MR) is 54.3 cm³/mol. The van der Waals surface area contributed by atoms with Crippen molar-refractivity contribution < 1.29 is 33.5 Å². The van der Waals surface area contributed by atoms with Gasteiger partial charge in [0.25, 0.3) is 0 Å². The normalized spacial score (nSPS) is 40.6. The van der Waals surface area contributed by atoms with E-state index in [1.807, 2.05) is 0 Å². The van der Waals surface area contributed by atoms with E-state index >= 15 is 0 Å². The van der Waals surface area contributed by atoms with E-state index in [0.717, 1.165) is 6.54 Å². The Hall–Kier alpha value is 0.120. The first kappa shape index (κ1) is 11.6. The second-order valence-corrected chi connectivity index (χ2v) is 9.06. The van der Waals surface area contributed by atoms with E-state index in [9.17, 15) is 4.79 Å². The Morgan fingerprint density at radius 2 is 1.93 bits per heavy atom. The molecule has 5 heteroatoms. The zero-order valence-electron chi connectivity index (χ0n) is 9.41. The third-order valence-electron chi connectivity index (χ3n) is 3.85. The van der Waals surface area contributed by atoms with Crippen molar-refractivity contribution >= 4 is 5.91 Å². The van der Waals surface area contributed by atoms with Crippen molar-refractivity contribution in [1.29, 1.82) is 0 Å². The van der Waals surface area contributed by atoms with Crippen molar-refractivity contribution in [2.45, 2.75) is 6.42 Å². The molecule has 3 aliphatic heterocycles. The number of nitrogens with zero attached hydrogens (tertiary/aromatic N) is 2. The molecule has 1 amide bonds. The molecule has 3 aliphatic rings. The fraction of sp³-hybridized carbons (Fsp3) is 0.900. The van der Waals surface area contributed by atoms with Crippen LogP contribution in [0.25, 0.3) is 0 Å². The van der Waals surface area contributed by atoms with Crippen LogP contribution < -0.4 is 27.2 Å². The molecule has 2 bridgehead atoms. The molecular formula is C10H21IN3O+. The predicted octanol–water partition coefficient (Wildman–Crippen LogP) is -3.84. The van der Waals surface area contributed by atoms with Crippen molar-refractivity contribution in [1.82, 2.24) is 0 Å². The number of hydrogen-bond donors (Lipinski definition) is 1. The summed E-state index contributed by atoms with van der Waals surface area (Å²) < 4.78 is 3.94.